The number of hydrogen-bond acceptors (Lipinski definition) is 5. The standard InChI is InChI=1S/C26H28F2N2O4/c1-6-33-25(31)23-22(17-8-7-9-18(12-17)29(3)4)15(2)30-11-10-16-13-21(34-26(27)28)20(32-5)14-19(16)24(23)30/h7-9,12-14,26H,6,10-11H2,1-5H3. The van der Waals surface area contributed by atoms with E-state index in [9.17, 15) is 13.6 Å². The summed E-state index contributed by atoms with van der Waals surface area (Å²) in [5.74, 6) is -0.272. The van der Waals surface area contributed by atoms with Gasteiger partial charge in [0.2, 0.25) is 0 Å². The van der Waals surface area contributed by atoms with Gasteiger partial charge in [0.05, 0.1) is 25.0 Å². The molecule has 0 radical (unpaired) electrons. The Balaban J connectivity index is 1.99. The molecule has 0 N–H and O–H groups in total. The van der Waals surface area contributed by atoms with E-state index in [1.165, 1.54) is 7.11 Å². The predicted molar refractivity (Wildman–Crippen MR) is 127 cm³/mol. The van der Waals surface area contributed by atoms with E-state index < -0.39 is 12.6 Å². The van der Waals surface area contributed by atoms with Gasteiger partial charge in [0.1, 0.15) is 0 Å². The Labute approximate surface area is 197 Å². The Bertz CT molecular complexity index is 1230. The van der Waals surface area contributed by atoms with E-state index in [1.54, 1.807) is 19.1 Å². The summed E-state index contributed by atoms with van der Waals surface area (Å²) >= 11 is 0. The summed E-state index contributed by atoms with van der Waals surface area (Å²) in [5, 5.41) is 0. The lowest BCUT2D eigenvalue weighted by molar-refractivity contribution is -0.0512. The highest BCUT2D eigenvalue weighted by molar-refractivity contribution is 6.05. The van der Waals surface area contributed by atoms with E-state index in [4.69, 9.17) is 9.47 Å². The Kier molecular flexibility index (Phi) is 6.50. The van der Waals surface area contributed by atoms with Crippen LogP contribution in [0.25, 0.3) is 22.4 Å². The predicted octanol–water partition coefficient (Wildman–Crippen LogP) is 5.54. The normalized spacial score (nSPS) is 12.2. The number of ether oxygens (including phenoxy) is 3. The largest absolute Gasteiger partial charge is 0.493 e. The van der Waals surface area contributed by atoms with Crippen molar-refractivity contribution in [1.82, 2.24) is 4.57 Å². The number of methoxy groups -OCH3 is 1. The van der Waals surface area contributed by atoms with Gasteiger partial charge in [-0.1, -0.05) is 12.1 Å². The van der Waals surface area contributed by atoms with Crippen molar-refractivity contribution in [3.63, 3.8) is 0 Å². The van der Waals surface area contributed by atoms with Crippen LogP contribution in [0.3, 0.4) is 0 Å². The zero-order chi connectivity index (χ0) is 24.6. The molecule has 0 amide bonds. The molecule has 8 heteroatoms. The maximum absolute atomic E-state index is 13.3. The number of aryl methyl sites for hydroxylation is 1. The molecule has 3 aromatic rings. The quantitative estimate of drug-likeness (QED) is 0.425. The number of nitrogens with zero attached hydrogens (tertiary/aromatic N) is 2. The van der Waals surface area contributed by atoms with Gasteiger partial charge in [-0.15, -0.1) is 0 Å². The molecule has 34 heavy (non-hydrogen) atoms. The van der Waals surface area contributed by atoms with Gasteiger partial charge in [-0.3, -0.25) is 0 Å². The molecule has 0 fully saturated rings. The van der Waals surface area contributed by atoms with Gasteiger partial charge in [-0.05, 0) is 55.7 Å². The Morgan fingerprint density at radius 3 is 2.59 bits per heavy atom. The first-order valence-electron chi connectivity index (χ1n) is 11.1. The van der Waals surface area contributed by atoms with Crippen LogP contribution >= 0.6 is 0 Å². The third-order valence-corrected chi connectivity index (χ3v) is 6.12. The molecular weight excluding hydrogens is 442 g/mol. The average Bonchev–Trinajstić information content (AvgIpc) is 3.11. The van der Waals surface area contributed by atoms with Crippen molar-refractivity contribution in [3.05, 3.63) is 53.2 Å². The number of carbonyl (C=O) groups excluding carboxylic acids is 1. The lowest BCUT2D eigenvalue weighted by Crippen LogP contribution is -2.15. The van der Waals surface area contributed by atoms with Crippen LogP contribution in [0, 0.1) is 6.92 Å². The molecule has 2 heterocycles. The second-order valence-corrected chi connectivity index (χ2v) is 8.29. The van der Waals surface area contributed by atoms with Gasteiger partial charge in [-0.2, -0.15) is 8.78 Å². The van der Waals surface area contributed by atoms with Crippen molar-refractivity contribution in [3.8, 4) is 33.9 Å². The van der Waals surface area contributed by atoms with Crippen LogP contribution in [0.1, 0.15) is 28.5 Å². The van der Waals surface area contributed by atoms with Crippen molar-refractivity contribution in [2.24, 2.45) is 0 Å². The summed E-state index contributed by atoms with van der Waals surface area (Å²) in [4.78, 5) is 15.3. The molecule has 0 bridgehead atoms. The highest BCUT2D eigenvalue weighted by atomic mass is 19.3. The van der Waals surface area contributed by atoms with Crippen molar-refractivity contribution < 1.29 is 27.8 Å². The van der Waals surface area contributed by atoms with Crippen LogP contribution in [0.5, 0.6) is 11.5 Å². The first kappa shape index (κ1) is 23.6. The number of anilines is 1. The van der Waals surface area contributed by atoms with Crippen LogP contribution < -0.4 is 14.4 Å². The molecule has 0 atom stereocenters. The maximum Gasteiger partial charge on any atom is 0.387 e. The van der Waals surface area contributed by atoms with Gasteiger partial charge < -0.3 is 23.7 Å². The zero-order valence-corrected chi connectivity index (χ0v) is 19.9. The molecule has 1 aromatic heterocycles. The van der Waals surface area contributed by atoms with Crippen molar-refractivity contribution in [2.45, 2.75) is 33.4 Å². The van der Waals surface area contributed by atoms with Gasteiger partial charge in [0.15, 0.2) is 11.5 Å². The molecule has 1 aliphatic rings. The summed E-state index contributed by atoms with van der Waals surface area (Å²) in [6, 6.07) is 11.2. The topological polar surface area (TPSA) is 52.9 Å². The molecule has 0 spiro atoms. The lowest BCUT2D eigenvalue weighted by atomic mass is 9.93. The number of rotatable bonds is 7. The molecule has 4 rings (SSSR count). The Morgan fingerprint density at radius 1 is 1.18 bits per heavy atom. The monoisotopic (exact) mass is 470 g/mol. The van der Waals surface area contributed by atoms with Gasteiger partial charge in [0.25, 0.3) is 0 Å². The van der Waals surface area contributed by atoms with E-state index >= 15 is 0 Å². The van der Waals surface area contributed by atoms with Crippen molar-refractivity contribution in [1.29, 1.82) is 0 Å². The summed E-state index contributed by atoms with van der Waals surface area (Å²) in [6.45, 7) is 1.61. The number of aromatic nitrogens is 1. The van der Waals surface area contributed by atoms with Gasteiger partial charge >= 0.3 is 12.6 Å². The summed E-state index contributed by atoms with van der Waals surface area (Å²) < 4.78 is 43.5. The van der Waals surface area contributed by atoms with Gasteiger partial charge in [-0.25, -0.2) is 4.79 Å². The zero-order valence-electron chi connectivity index (χ0n) is 19.9. The second kappa shape index (κ2) is 9.37. The molecule has 0 unspecified atom stereocenters. The summed E-state index contributed by atoms with van der Waals surface area (Å²) in [5.41, 5.74) is 6.35. The molecule has 1 aliphatic heterocycles. The Hall–Kier alpha value is -3.55. The van der Waals surface area contributed by atoms with Crippen LogP contribution in [0.4, 0.5) is 14.5 Å². The minimum atomic E-state index is -2.97. The van der Waals surface area contributed by atoms with E-state index in [2.05, 4.69) is 9.30 Å². The Morgan fingerprint density at radius 2 is 1.94 bits per heavy atom. The fourth-order valence-electron chi connectivity index (χ4n) is 4.60. The van der Waals surface area contributed by atoms with E-state index in [1.807, 2.05) is 50.2 Å². The highest BCUT2D eigenvalue weighted by Gasteiger charge is 2.32. The van der Waals surface area contributed by atoms with E-state index in [0.717, 1.165) is 33.6 Å². The third-order valence-electron chi connectivity index (χ3n) is 6.12. The number of halogens is 2. The first-order chi connectivity index (χ1) is 16.3. The molecule has 6 nitrogen and oxygen atoms in total. The van der Waals surface area contributed by atoms with Crippen LogP contribution in [-0.4, -0.2) is 45.0 Å². The number of alkyl halides is 2. The molecule has 0 aliphatic carbocycles. The van der Waals surface area contributed by atoms with Crippen LogP contribution in [0.15, 0.2) is 36.4 Å². The molecule has 2 aromatic carbocycles. The number of hydrogen-bond donors (Lipinski definition) is 0. The fourth-order valence-corrected chi connectivity index (χ4v) is 4.60. The molecule has 0 saturated carbocycles. The highest BCUT2D eigenvalue weighted by Crippen LogP contribution is 2.46. The first-order valence-corrected chi connectivity index (χ1v) is 11.1. The van der Waals surface area contributed by atoms with Crippen molar-refractivity contribution in [2.75, 3.05) is 32.7 Å². The SMILES string of the molecule is CCOC(=O)c1c(-c2cccc(N(C)C)c2)c(C)n2c1-c1cc(OC)c(OC(F)F)cc1CC2. The summed E-state index contributed by atoms with van der Waals surface area (Å²) in [7, 11) is 5.33. The minimum Gasteiger partial charge on any atom is -0.493 e. The van der Waals surface area contributed by atoms with Crippen LogP contribution in [-0.2, 0) is 17.7 Å². The van der Waals surface area contributed by atoms with Gasteiger partial charge in [0, 0.05) is 43.1 Å². The number of benzene rings is 2. The number of esters is 1. The number of fused-ring (bicyclic) bond motifs is 3. The third kappa shape index (κ3) is 4.08. The lowest BCUT2D eigenvalue weighted by Gasteiger charge is -2.23. The molecular formula is C26H28F2N2O4. The minimum absolute atomic E-state index is 0.0235. The van der Waals surface area contributed by atoms with Crippen LogP contribution in [0.2, 0.25) is 0 Å². The number of carbonyl (C=O) groups is 1. The molecule has 0 saturated heterocycles. The second-order valence-electron chi connectivity index (χ2n) is 8.29. The average molecular weight is 471 g/mol. The maximum atomic E-state index is 13.3. The summed E-state index contributed by atoms with van der Waals surface area (Å²) in [6.07, 6.45) is 0.598. The van der Waals surface area contributed by atoms with Crippen molar-refractivity contribution >= 4 is 11.7 Å². The van der Waals surface area contributed by atoms with E-state index in [-0.39, 0.29) is 18.1 Å². The molecule has 180 valence electrons. The fraction of sp³-hybridized carbons (Fsp3) is 0.346. The smallest absolute Gasteiger partial charge is 0.387 e. The van der Waals surface area contributed by atoms with E-state index in [0.29, 0.717) is 24.2 Å².